The first-order valence-electron chi connectivity index (χ1n) is 21.6. The maximum Gasteiger partial charge on any atom is 0.160 e. The van der Waals surface area contributed by atoms with Crippen molar-refractivity contribution in [3.05, 3.63) is 231 Å². The van der Waals surface area contributed by atoms with Crippen molar-refractivity contribution >= 4 is 65.6 Å². The molecule has 0 saturated heterocycles. The molecule has 13 rings (SSSR count). The lowest BCUT2D eigenvalue weighted by Crippen LogP contribution is -1.96. The zero-order valence-corrected chi connectivity index (χ0v) is 34.2. The normalized spacial score (nSPS) is 11.8. The molecule has 13 aromatic rings. The van der Waals surface area contributed by atoms with E-state index in [1.807, 2.05) is 0 Å². The summed E-state index contributed by atoms with van der Waals surface area (Å²) in [6.45, 7) is 0. The Bertz CT molecular complexity index is 3900. The highest BCUT2D eigenvalue weighted by atomic mass is 16.3. The molecule has 0 amide bonds. The molecule has 0 saturated carbocycles. The summed E-state index contributed by atoms with van der Waals surface area (Å²) in [6, 6.07) is 83.3. The Balaban J connectivity index is 1.01. The quantitative estimate of drug-likeness (QED) is 0.164. The molecule has 63 heavy (non-hydrogen) atoms. The average Bonchev–Trinajstić information content (AvgIpc) is 4.02. The second kappa shape index (κ2) is 14.1. The molecular weight excluding hydrogens is 765 g/mol. The van der Waals surface area contributed by atoms with Gasteiger partial charge in [0.25, 0.3) is 0 Å². The van der Waals surface area contributed by atoms with Crippen molar-refractivity contribution in [2.45, 2.75) is 0 Å². The summed E-state index contributed by atoms with van der Waals surface area (Å²) in [4.78, 5) is 0. The Kier molecular flexibility index (Phi) is 7.91. The van der Waals surface area contributed by atoms with E-state index in [9.17, 15) is 0 Å². The van der Waals surface area contributed by atoms with Crippen LogP contribution in [0, 0.1) is 0 Å². The van der Waals surface area contributed by atoms with Crippen LogP contribution in [0.25, 0.3) is 121 Å². The van der Waals surface area contributed by atoms with E-state index in [1.165, 1.54) is 66.0 Å². The van der Waals surface area contributed by atoms with E-state index < -0.39 is 0 Å². The molecule has 3 heterocycles. The fraction of sp³-hybridized carbons (Fsp3) is 0. The highest BCUT2D eigenvalue weighted by Crippen LogP contribution is 2.45. The monoisotopic (exact) mass is 802 g/mol. The van der Waals surface area contributed by atoms with Gasteiger partial charge in [-0.05, 0) is 99.1 Å². The molecule has 0 unspecified atom stereocenters. The molecule has 0 spiro atoms. The average molecular weight is 803 g/mol. The van der Waals surface area contributed by atoms with Gasteiger partial charge in [-0.1, -0.05) is 176 Å². The fourth-order valence-corrected chi connectivity index (χ4v) is 10.1. The highest BCUT2D eigenvalue weighted by Gasteiger charge is 2.22. The molecule has 0 aliphatic rings. The second-order valence-corrected chi connectivity index (χ2v) is 16.4. The van der Waals surface area contributed by atoms with E-state index in [4.69, 9.17) is 4.42 Å². The number of aromatic nitrogens is 2. The Morgan fingerprint density at radius 3 is 1.67 bits per heavy atom. The van der Waals surface area contributed by atoms with E-state index in [2.05, 4.69) is 240 Å². The molecule has 3 heteroatoms. The summed E-state index contributed by atoms with van der Waals surface area (Å²) < 4.78 is 11.8. The van der Waals surface area contributed by atoms with Crippen LogP contribution in [0.4, 0.5) is 0 Å². The molecule has 3 nitrogen and oxygen atoms in total. The zero-order chi connectivity index (χ0) is 41.4. The van der Waals surface area contributed by atoms with Crippen molar-refractivity contribution in [2.24, 2.45) is 0 Å². The number of rotatable bonds is 6. The summed E-state index contributed by atoms with van der Waals surface area (Å²) >= 11 is 0. The third-order valence-corrected chi connectivity index (χ3v) is 12.9. The van der Waals surface area contributed by atoms with Gasteiger partial charge in [0.2, 0.25) is 0 Å². The molecule has 0 atom stereocenters. The number of hydrogen-bond donors (Lipinski definition) is 0. The molecule has 294 valence electrons. The lowest BCUT2D eigenvalue weighted by Gasteiger charge is -2.15. The van der Waals surface area contributed by atoms with Crippen molar-refractivity contribution in [1.29, 1.82) is 0 Å². The largest absolute Gasteiger partial charge is 0.454 e. The van der Waals surface area contributed by atoms with Gasteiger partial charge in [-0.15, -0.1) is 0 Å². The first-order valence-corrected chi connectivity index (χ1v) is 21.6. The van der Waals surface area contributed by atoms with Crippen LogP contribution in [0.1, 0.15) is 0 Å². The van der Waals surface area contributed by atoms with Crippen molar-refractivity contribution in [1.82, 2.24) is 9.13 Å². The minimum atomic E-state index is 0.871. The third kappa shape index (κ3) is 5.53. The summed E-state index contributed by atoms with van der Waals surface area (Å²) in [6.07, 6.45) is 0. The first kappa shape index (κ1) is 35.4. The zero-order valence-electron chi connectivity index (χ0n) is 34.2. The summed E-state index contributed by atoms with van der Waals surface area (Å²) in [7, 11) is 0. The van der Waals surface area contributed by atoms with Crippen molar-refractivity contribution in [3.63, 3.8) is 0 Å². The minimum Gasteiger partial charge on any atom is -0.454 e. The number of benzene rings is 10. The fourth-order valence-electron chi connectivity index (χ4n) is 10.1. The van der Waals surface area contributed by atoms with Gasteiger partial charge in [0.05, 0.1) is 27.8 Å². The van der Waals surface area contributed by atoms with Gasteiger partial charge in [0, 0.05) is 38.0 Å². The molecule has 0 bridgehead atoms. The van der Waals surface area contributed by atoms with E-state index >= 15 is 0 Å². The van der Waals surface area contributed by atoms with Crippen LogP contribution in [0.2, 0.25) is 0 Å². The molecule has 0 aliphatic carbocycles. The van der Waals surface area contributed by atoms with Crippen LogP contribution >= 0.6 is 0 Å². The molecule has 3 aromatic heterocycles. The van der Waals surface area contributed by atoms with E-state index in [1.54, 1.807) is 0 Å². The van der Waals surface area contributed by atoms with Gasteiger partial charge in [-0.3, -0.25) is 0 Å². The van der Waals surface area contributed by atoms with Crippen molar-refractivity contribution < 1.29 is 4.42 Å². The van der Waals surface area contributed by atoms with Gasteiger partial charge in [0.1, 0.15) is 5.58 Å². The van der Waals surface area contributed by atoms with Crippen LogP contribution in [-0.4, -0.2) is 9.13 Å². The van der Waals surface area contributed by atoms with Gasteiger partial charge < -0.3 is 13.6 Å². The number of furan rings is 1. The summed E-state index contributed by atoms with van der Waals surface area (Å²) in [5.74, 6) is 0. The van der Waals surface area contributed by atoms with Crippen LogP contribution in [-0.2, 0) is 0 Å². The highest BCUT2D eigenvalue weighted by molar-refractivity contribution is 6.18. The molecule has 0 radical (unpaired) electrons. The van der Waals surface area contributed by atoms with Gasteiger partial charge in [-0.25, -0.2) is 0 Å². The Morgan fingerprint density at radius 2 is 0.857 bits per heavy atom. The van der Waals surface area contributed by atoms with Crippen LogP contribution in [0.3, 0.4) is 0 Å². The van der Waals surface area contributed by atoms with Crippen LogP contribution in [0.15, 0.2) is 235 Å². The summed E-state index contributed by atoms with van der Waals surface area (Å²) in [5.41, 5.74) is 18.0. The van der Waals surface area contributed by atoms with E-state index in [0.717, 1.165) is 55.5 Å². The van der Waals surface area contributed by atoms with Crippen molar-refractivity contribution in [2.75, 3.05) is 0 Å². The third-order valence-electron chi connectivity index (χ3n) is 12.9. The van der Waals surface area contributed by atoms with E-state index in [-0.39, 0.29) is 0 Å². The predicted octanol–water partition coefficient (Wildman–Crippen LogP) is 16.4. The Labute approximate surface area is 363 Å². The second-order valence-electron chi connectivity index (χ2n) is 16.4. The predicted molar refractivity (Wildman–Crippen MR) is 264 cm³/mol. The lowest BCUT2D eigenvalue weighted by atomic mass is 9.91. The minimum absolute atomic E-state index is 0.871. The summed E-state index contributed by atoms with van der Waals surface area (Å²) in [5, 5.41) is 7.09. The SMILES string of the molecule is c1ccc(-c2cccc(-n3c4ccccc4c4cc(-c5ccc6c7ccccc7n(-c7ccc(-c8ccccc8-c8ccccc8)c8c7oc7ccccc78)c6c5)ccc43)c2)cc1. The maximum atomic E-state index is 6.96. The molecule has 0 N–H and O–H groups in total. The number of hydrogen-bond acceptors (Lipinski definition) is 1. The Hall–Kier alpha value is -8.40. The van der Waals surface area contributed by atoms with Gasteiger partial charge >= 0.3 is 0 Å². The van der Waals surface area contributed by atoms with E-state index in [0.29, 0.717) is 0 Å². The molecule has 0 fully saturated rings. The van der Waals surface area contributed by atoms with Crippen LogP contribution in [0.5, 0.6) is 0 Å². The first-order chi connectivity index (χ1) is 31.3. The van der Waals surface area contributed by atoms with Gasteiger partial charge in [-0.2, -0.15) is 0 Å². The maximum absolute atomic E-state index is 6.96. The Morgan fingerprint density at radius 1 is 0.286 bits per heavy atom. The smallest absolute Gasteiger partial charge is 0.160 e. The molecule has 10 aromatic carbocycles. The lowest BCUT2D eigenvalue weighted by molar-refractivity contribution is 0.666. The topological polar surface area (TPSA) is 23.0 Å². The van der Waals surface area contributed by atoms with Gasteiger partial charge in [0.15, 0.2) is 5.58 Å². The number of para-hydroxylation sites is 3. The van der Waals surface area contributed by atoms with Crippen molar-refractivity contribution in [3.8, 4) is 55.9 Å². The number of fused-ring (bicyclic) bond motifs is 9. The molecule has 0 aliphatic heterocycles. The number of nitrogens with zero attached hydrogens (tertiary/aromatic N) is 2. The van der Waals surface area contributed by atoms with Crippen LogP contribution < -0.4 is 0 Å². The molecular formula is C60H38N2O. The standard InChI is InChI=1S/C60H38N2O/c1-3-16-39(17-4-1)41-20-15-21-44(36-41)61-53-27-12-10-25-48(53)52-37-42(31-34-55(52)61)43-30-32-49-47-24-9-13-28-54(47)62(57(49)38-43)56-35-33-50(59-51-26-11-14-29-58(51)63-60(56)59)46-23-8-7-22-45(46)40-18-5-2-6-19-40/h1-38H.